The highest BCUT2D eigenvalue weighted by molar-refractivity contribution is 7.89. The number of aromatic nitrogens is 2. The number of primary sulfonamides is 1. The largest absolute Gasteiger partial charge is 0.471 e. The van der Waals surface area contributed by atoms with E-state index in [1.807, 2.05) is 6.92 Å². The first kappa shape index (κ1) is 17.6. The Morgan fingerprint density at radius 2 is 2.00 bits per heavy atom. The lowest BCUT2D eigenvalue weighted by atomic mass is 10.2. The van der Waals surface area contributed by atoms with Gasteiger partial charge in [0.05, 0.1) is 11.0 Å². The van der Waals surface area contributed by atoms with Crippen molar-refractivity contribution in [3.05, 3.63) is 36.0 Å². The lowest BCUT2D eigenvalue weighted by Crippen LogP contribution is -2.26. The molecule has 0 aliphatic heterocycles. The van der Waals surface area contributed by atoms with Crippen LogP contribution in [0.3, 0.4) is 0 Å². The van der Waals surface area contributed by atoms with Gasteiger partial charge < -0.3 is 15.2 Å². The number of hydrogen-bond acceptors (Lipinski definition) is 7. The number of hydrogen-bond donors (Lipinski definition) is 3. The third-order valence-corrected chi connectivity index (χ3v) is 4.97. The molecule has 134 valence electrons. The van der Waals surface area contributed by atoms with Crippen LogP contribution in [-0.2, 0) is 10.0 Å². The summed E-state index contributed by atoms with van der Waals surface area (Å²) in [5.41, 5.74) is 1.39. The van der Waals surface area contributed by atoms with Crippen LogP contribution in [0.1, 0.15) is 24.8 Å². The molecule has 0 unspecified atom stereocenters. The second-order valence-electron chi connectivity index (χ2n) is 6.03. The van der Waals surface area contributed by atoms with E-state index < -0.39 is 16.1 Å². The summed E-state index contributed by atoms with van der Waals surface area (Å²) in [5, 5.41) is 18.0. The van der Waals surface area contributed by atoms with Crippen molar-refractivity contribution in [1.29, 1.82) is 0 Å². The topological polar surface area (TPSA) is 127 Å². The Morgan fingerprint density at radius 3 is 2.60 bits per heavy atom. The van der Waals surface area contributed by atoms with Gasteiger partial charge in [0.25, 0.3) is 0 Å². The molecule has 8 nitrogen and oxygen atoms in total. The first-order chi connectivity index (χ1) is 11.8. The van der Waals surface area contributed by atoms with Gasteiger partial charge in [-0.1, -0.05) is 0 Å². The fourth-order valence-corrected chi connectivity index (χ4v) is 3.17. The third-order valence-electron chi connectivity index (χ3n) is 4.04. The Balaban J connectivity index is 1.75. The van der Waals surface area contributed by atoms with Crippen LogP contribution in [0, 0.1) is 6.92 Å². The van der Waals surface area contributed by atoms with E-state index >= 15 is 0 Å². The molecule has 0 saturated heterocycles. The molecule has 2 aromatic rings. The summed E-state index contributed by atoms with van der Waals surface area (Å²) in [6, 6.07) is 5.95. The lowest BCUT2D eigenvalue weighted by Gasteiger charge is -2.18. The molecule has 1 aliphatic rings. The van der Waals surface area contributed by atoms with Crippen LogP contribution in [-0.4, -0.2) is 35.7 Å². The zero-order valence-electron chi connectivity index (χ0n) is 13.7. The highest BCUT2D eigenvalue weighted by Crippen LogP contribution is 2.26. The molecule has 0 spiro atoms. The van der Waals surface area contributed by atoms with Gasteiger partial charge in [-0.15, -0.1) is 0 Å². The van der Waals surface area contributed by atoms with Crippen LogP contribution in [0.4, 0.5) is 11.6 Å². The van der Waals surface area contributed by atoms with Crippen molar-refractivity contribution < 1.29 is 18.3 Å². The SMILES string of the molecule is Cc1cnc(Nc2ccc(S(N)(=O)=O)cc2)nc1O[C@@H]1CCC[C@@H]1O. The van der Waals surface area contributed by atoms with E-state index in [1.165, 1.54) is 12.1 Å². The van der Waals surface area contributed by atoms with Gasteiger partial charge >= 0.3 is 0 Å². The normalized spacial score (nSPS) is 20.4. The molecule has 1 saturated carbocycles. The quantitative estimate of drug-likeness (QED) is 0.733. The molecule has 0 bridgehead atoms. The predicted molar refractivity (Wildman–Crippen MR) is 92.1 cm³/mol. The number of nitrogens with zero attached hydrogens (tertiary/aromatic N) is 2. The second-order valence-corrected chi connectivity index (χ2v) is 7.59. The first-order valence-corrected chi connectivity index (χ1v) is 9.46. The maximum atomic E-state index is 11.3. The predicted octanol–water partition coefficient (Wildman–Crippen LogP) is 1.47. The molecule has 1 aliphatic carbocycles. The number of aliphatic hydroxyl groups excluding tert-OH is 1. The van der Waals surface area contributed by atoms with Crippen molar-refractivity contribution in [2.75, 3.05) is 5.32 Å². The van der Waals surface area contributed by atoms with E-state index in [9.17, 15) is 13.5 Å². The van der Waals surface area contributed by atoms with E-state index in [-0.39, 0.29) is 11.0 Å². The molecule has 1 aromatic carbocycles. The summed E-state index contributed by atoms with van der Waals surface area (Å²) in [6.45, 7) is 1.83. The first-order valence-electron chi connectivity index (χ1n) is 7.91. The van der Waals surface area contributed by atoms with E-state index in [0.717, 1.165) is 24.8 Å². The minimum absolute atomic E-state index is 0.0297. The second kappa shape index (κ2) is 6.95. The average Bonchev–Trinajstić information content (AvgIpc) is 2.95. The molecular weight excluding hydrogens is 344 g/mol. The Kier molecular flexibility index (Phi) is 4.89. The molecular formula is C16H20N4O4S. The van der Waals surface area contributed by atoms with Crippen molar-refractivity contribution in [3.63, 3.8) is 0 Å². The summed E-state index contributed by atoms with van der Waals surface area (Å²) in [5.74, 6) is 0.737. The van der Waals surface area contributed by atoms with Crippen LogP contribution in [0.25, 0.3) is 0 Å². The summed E-state index contributed by atoms with van der Waals surface area (Å²) in [7, 11) is -3.73. The summed E-state index contributed by atoms with van der Waals surface area (Å²) < 4.78 is 28.4. The number of sulfonamides is 1. The van der Waals surface area contributed by atoms with Crippen LogP contribution in [0.5, 0.6) is 5.88 Å². The fraction of sp³-hybridized carbons (Fsp3) is 0.375. The molecule has 1 aromatic heterocycles. The number of anilines is 2. The van der Waals surface area contributed by atoms with Gasteiger partial charge in [0.15, 0.2) is 0 Å². The van der Waals surface area contributed by atoms with Gasteiger partial charge in [-0.25, -0.2) is 18.5 Å². The average molecular weight is 364 g/mol. The summed E-state index contributed by atoms with van der Waals surface area (Å²) in [4.78, 5) is 8.56. The standard InChI is InChI=1S/C16H20N4O4S/c1-10-9-18-16(20-15(10)24-14-4-2-3-13(14)21)19-11-5-7-12(8-6-11)25(17,22)23/h5-9,13-14,21H,2-4H2,1H3,(H2,17,22,23)(H,18,19,20)/t13-,14+/m0/s1. The Hall–Kier alpha value is -2.23. The molecule has 1 heterocycles. The van der Waals surface area contributed by atoms with Crippen molar-refractivity contribution in [2.24, 2.45) is 5.14 Å². The van der Waals surface area contributed by atoms with Crippen molar-refractivity contribution in [1.82, 2.24) is 9.97 Å². The van der Waals surface area contributed by atoms with Crippen molar-refractivity contribution in [3.8, 4) is 5.88 Å². The number of aliphatic hydroxyl groups is 1. The molecule has 0 amide bonds. The van der Waals surface area contributed by atoms with Gasteiger partial charge in [-0.3, -0.25) is 0 Å². The minimum Gasteiger partial charge on any atom is -0.471 e. The third kappa shape index (κ3) is 4.25. The molecule has 9 heteroatoms. The molecule has 0 radical (unpaired) electrons. The maximum absolute atomic E-state index is 11.3. The zero-order chi connectivity index (χ0) is 18.0. The van der Waals surface area contributed by atoms with Crippen LogP contribution >= 0.6 is 0 Å². The number of aryl methyl sites for hydroxylation is 1. The highest BCUT2D eigenvalue weighted by atomic mass is 32.2. The van der Waals surface area contributed by atoms with Gasteiger partial charge in [0.1, 0.15) is 6.10 Å². The number of benzene rings is 1. The molecule has 25 heavy (non-hydrogen) atoms. The fourth-order valence-electron chi connectivity index (χ4n) is 2.65. The zero-order valence-corrected chi connectivity index (χ0v) is 14.5. The number of nitrogens with one attached hydrogen (secondary N) is 1. The summed E-state index contributed by atoms with van der Waals surface area (Å²) in [6.07, 6.45) is 3.35. The Labute approximate surface area is 146 Å². The van der Waals surface area contributed by atoms with Gasteiger partial charge in [0, 0.05) is 17.4 Å². The molecule has 2 atom stereocenters. The molecule has 3 rings (SSSR count). The highest BCUT2D eigenvalue weighted by Gasteiger charge is 2.27. The van der Waals surface area contributed by atoms with Crippen molar-refractivity contribution >= 4 is 21.7 Å². The van der Waals surface area contributed by atoms with Gasteiger partial charge in [-0.2, -0.15) is 4.98 Å². The number of ether oxygens (including phenoxy) is 1. The number of rotatable bonds is 5. The minimum atomic E-state index is -3.73. The smallest absolute Gasteiger partial charge is 0.238 e. The van der Waals surface area contributed by atoms with E-state index in [4.69, 9.17) is 9.88 Å². The molecule has 1 fully saturated rings. The summed E-state index contributed by atoms with van der Waals surface area (Å²) >= 11 is 0. The van der Waals surface area contributed by atoms with Crippen molar-refractivity contribution in [2.45, 2.75) is 43.3 Å². The Morgan fingerprint density at radius 1 is 1.28 bits per heavy atom. The lowest BCUT2D eigenvalue weighted by molar-refractivity contribution is 0.0569. The Bertz CT molecular complexity index is 855. The monoisotopic (exact) mass is 364 g/mol. The van der Waals surface area contributed by atoms with E-state index in [1.54, 1.807) is 18.3 Å². The van der Waals surface area contributed by atoms with Crippen LogP contribution in [0.2, 0.25) is 0 Å². The maximum Gasteiger partial charge on any atom is 0.238 e. The van der Waals surface area contributed by atoms with Crippen LogP contribution < -0.4 is 15.2 Å². The van der Waals surface area contributed by atoms with Crippen LogP contribution in [0.15, 0.2) is 35.4 Å². The van der Waals surface area contributed by atoms with E-state index in [0.29, 0.717) is 17.5 Å². The van der Waals surface area contributed by atoms with E-state index in [2.05, 4.69) is 15.3 Å². The number of nitrogens with two attached hydrogens (primary N) is 1. The van der Waals surface area contributed by atoms with Gasteiger partial charge in [0.2, 0.25) is 21.9 Å². The van der Waals surface area contributed by atoms with Gasteiger partial charge in [-0.05, 0) is 50.5 Å². The molecule has 4 N–H and O–H groups in total.